The number of hydrogen-bond acceptors (Lipinski definition) is 4. The molecule has 1 aromatic rings. The van der Waals surface area contributed by atoms with Crippen LogP contribution < -0.4 is 10.9 Å². The Bertz CT molecular complexity index is 200. The van der Waals surface area contributed by atoms with Crippen LogP contribution in [-0.2, 0) is 6.42 Å². The molecule has 0 aliphatic carbocycles. The summed E-state index contributed by atoms with van der Waals surface area (Å²) < 4.78 is 0. The van der Waals surface area contributed by atoms with Gasteiger partial charge in [0.15, 0.2) is 0 Å². The number of aromatic nitrogens is 1. The van der Waals surface area contributed by atoms with Crippen molar-refractivity contribution in [1.82, 2.24) is 10.4 Å². The average molecular weight is 155 g/mol. The smallest absolute Gasteiger partial charge is 0.126 e. The molecule has 0 radical (unpaired) electrons. The molecule has 54 valence electrons. The second-order valence-corrected chi connectivity index (χ2v) is 3.14. The van der Waals surface area contributed by atoms with Gasteiger partial charge in [0.1, 0.15) is 5.00 Å². The first kappa shape index (κ1) is 6.12. The Kier molecular flexibility index (Phi) is 1.56. The van der Waals surface area contributed by atoms with Crippen LogP contribution in [-0.4, -0.2) is 11.5 Å². The van der Waals surface area contributed by atoms with Crippen LogP contribution in [0.2, 0.25) is 0 Å². The molecule has 0 saturated carbocycles. The van der Waals surface area contributed by atoms with Crippen LogP contribution in [0.5, 0.6) is 0 Å². The van der Waals surface area contributed by atoms with Gasteiger partial charge in [0.25, 0.3) is 0 Å². The summed E-state index contributed by atoms with van der Waals surface area (Å²) in [5.74, 6) is 0. The highest BCUT2D eigenvalue weighted by atomic mass is 32.1. The summed E-state index contributed by atoms with van der Waals surface area (Å²) in [6.07, 6.45) is 2.27. The maximum atomic E-state index is 4.23. The van der Waals surface area contributed by atoms with E-state index in [1.54, 1.807) is 11.3 Å². The third-order valence-electron chi connectivity index (χ3n) is 1.56. The molecule has 1 aliphatic rings. The van der Waals surface area contributed by atoms with Crippen molar-refractivity contribution in [1.29, 1.82) is 0 Å². The molecular weight excluding hydrogens is 146 g/mol. The summed E-state index contributed by atoms with van der Waals surface area (Å²) in [4.78, 5) is 4.23. The van der Waals surface area contributed by atoms with Gasteiger partial charge in [0.05, 0.1) is 11.2 Å². The van der Waals surface area contributed by atoms with Gasteiger partial charge in [-0.15, -0.1) is 11.3 Å². The zero-order valence-corrected chi connectivity index (χ0v) is 6.37. The zero-order chi connectivity index (χ0) is 6.81. The fourth-order valence-electron chi connectivity index (χ4n) is 1.04. The maximum absolute atomic E-state index is 4.23. The van der Waals surface area contributed by atoms with Gasteiger partial charge in [-0.2, -0.15) is 0 Å². The van der Waals surface area contributed by atoms with Crippen molar-refractivity contribution >= 4 is 16.3 Å². The largest absolute Gasteiger partial charge is 0.311 e. The Labute approximate surface area is 63.5 Å². The predicted molar refractivity (Wildman–Crippen MR) is 42.1 cm³/mol. The molecule has 0 bridgehead atoms. The Balaban J connectivity index is 2.28. The summed E-state index contributed by atoms with van der Waals surface area (Å²) in [5, 5.41) is 1.18. The van der Waals surface area contributed by atoms with Crippen molar-refractivity contribution in [2.45, 2.75) is 12.8 Å². The van der Waals surface area contributed by atoms with E-state index < -0.39 is 0 Å². The van der Waals surface area contributed by atoms with Crippen LogP contribution in [0.3, 0.4) is 0 Å². The summed E-state index contributed by atoms with van der Waals surface area (Å²) in [6.45, 7) is 1.03. The summed E-state index contributed by atoms with van der Waals surface area (Å²) in [5.41, 5.74) is 9.30. The average Bonchev–Trinajstić information content (AvgIpc) is 2.28. The van der Waals surface area contributed by atoms with E-state index in [0.29, 0.717) is 0 Å². The van der Waals surface area contributed by atoms with Crippen LogP contribution in [0.25, 0.3) is 0 Å². The van der Waals surface area contributed by atoms with E-state index in [2.05, 4.69) is 15.8 Å². The topological polar surface area (TPSA) is 37.0 Å². The Morgan fingerprint density at radius 1 is 1.60 bits per heavy atom. The van der Waals surface area contributed by atoms with Crippen molar-refractivity contribution in [2.24, 2.45) is 0 Å². The molecule has 2 heterocycles. The number of nitrogens with zero attached hydrogens (tertiary/aromatic N) is 1. The number of rotatable bonds is 0. The minimum Gasteiger partial charge on any atom is -0.311 e. The second-order valence-electron chi connectivity index (χ2n) is 2.28. The number of anilines is 1. The van der Waals surface area contributed by atoms with Gasteiger partial charge >= 0.3 is 0 Å². The second kappa shape index (κ2) is 2.56. The molecule has 3 nitrogen and oxygen atoms in total. The summed E-state index contributed by atoms with van der Waals surface area (Å²) in [6, 6.07) is 0. The molecule has 0 unspecified atom stereocenters. The molecule has 0 amide bonds. The van der Waals surface area contributed by atoms with Crippen molar-refractivity contribution < 1.29 is 0 Å². The number of hydrazine groups is 1. The molecule has 2 rings (SSSR count). The fraction of sp³-hybridized carbons (Fsp3) is 0.500. The Hall–Kier alpha value is -0.610. The van der Waals surface area contributed by atoms with Crippen LogP contribution >= 0.6 is 11.3 Å². The monoisotopic (exact) mass is 155 g/mol. The zero-order valence-electron chi connectivity index (χ0n) is 5.55. The lowest BCUT2D eigenvalue weighted by atomic mass is 10.2. The first-order valence-electron chi connectivity index (χ1n) is 3.38. The van der Waals surface area contributed by atoms with Crippen molar-refractivity contribution in [2.75, 3.05) is 12.0 Å². The molecule has 2 N–H and O–H groups in total. The van der Waals surface area contributed by atoms with Crippen molar-refractivity contribution in [3.8, 4) is 0 Å². The SMILES string of the molecule is c1nc2c(s1)NNCCC2. The first-order valence-corrected chi connectivity index (χ1v) is 4.26. The third-order valence-corrected chi connectivity index (χ3v) is 2.34. The molecule has 1 aliphatic heterocycles. The van der Waals surface area contributed by atoms with Crippen LogP contribution in [0, 0.1) is 0 Å². The first-order chi connectivity index (χ1) is 4.97. The van der Waals surface area contributed by atoms with Crippen molar-refractivity contribution in [3.05, 3.63) is 11.2 Å². The highest BCUT2D eigenvalue weighted by molar-refractivity contribution is 7.14. The van der Waals surface area contributed by atoms with Gasteiger partial charge in [-0.3, -0.25) is 0 Å². The third kappa shape index (κ3) is 0.998. The number of nitrogens with one attached hydrogen (secondary N) is 2. The molecule has 0 fully saturated rings. The molecular formula is C6H9N3S. The van der Waals surface area contributed by atoms with E-state index in [-0.39, 0.29) is 0 Å². The number of aryl methyl sites for hydroxylation is 1. The number of fused-ring (bicyclic) bond motifs is 1. The van der Waals surface area contributed by atoms with Crippen molar-refractivity contribution in [3.63, 3.8) is 0 Å². The van der Waals surface area contributed by atoms with Gasteiger partial charge < -0.3 is 5.43 Å². The standard InChI is InChI=1S/C6H9N3S/c1-2-5-6(9-8-3-1)10-4-7-5/h4,8-9H,1-3H2. The highest BCUT2D eigenvalue weighted by Gasteiger charge is 2.07. The van der Waals surface area contributed by atoms with Crippen LogP contribution in [0.4, 0.5) is 5.00 Å². The maximum Gasteiger partial charge on any atom is 0.126 e. The predicted octanol–water partition coefficient (Wildman–Crippen LogP) is 1.01. The van der Waals surface area contributed by atoms with E-state index in [0.717, 1.165) is 13.0 Å². The Morgan fingerprint density at radius 3 is 3.60 bits per heavy atom. The lowest BCUT2D eigenvalue weighted by molar-refractivity contribution is 0.736. The molecule has 0 saturated heterocycles. The van der Waals surface area contributed by atoms with E-state index in [9.17, 15) is 0 Å². The highest BCUT2D eigenvalue weighted by Crippen LogP contribution is 2.21. The van der Waals surface area contributed by atoms with E-state index in [4.69, 9.17) is 0 Å². The molecule has 4 heteroatoms. The minimum absolute atomic E-state index is 1.03. The quantitative estimate of drug-likeness (QED) is 0.587. The lowest BCUT2D eigenvalue weighted by Gasteiger charge is -1.99. The van der Waals surface area contributed by atoms with Gasteiger partial charge in [0, 0.05) is 6.54 Å². The Morgan fingerprint density at radius 2 is 2.60 bits per heavy atom. The molecule has 0 aromatic carbocycles. The molecule has 0 spiro atoms. The van der Waals surface area contributed by atoms with Gasteiger partial charge in [0.2, 0.25) is 0 Å². The van der Waals surface area contributed by atoms with Crippen LogP contribution in [0.15, 0.2) is 5.51 Å². The number of hydrogen-bond donors (Lipinski definition) is 2. The van der Waals surface area contributed by atoms with E-state index >= 15 is 0 Å². The normalized spacial score (nSPS) is 17.2. The summed E-state index contributed by atoms with van der Waals surface area (Å²) >= 11 is 1.65. The molecule has 1 aromatic heterocycles. The van der Waals surface area contributed by atoms with E-state index in [1.165, 1.54) is 17.1 Å². The lowest BCUT2D eigenvalue weighted by Crippen LogP contribution is -2.20. The van der Waals surface area contributed by atoms with Gasteiger partial charge in [-0.1, -0.05) is 0 Å². The van der Waals surface area contributed by atoms with Crippen LogP contribution in [0.1, 0.15) is 12.1 Å². The molecule has 0 atom stereocenters. The van der Waals surface area contributed by atoms with E-state index in [1.807, 2.05) is 5.51 Å². The van der Waals surface area contributed by atoms with Gasteiger partial charge in [-0.25, -0.2) is 10.4 Å². The summed E-state index contributed by atoms with van der Waals surface area (Å²) in [7, 11) is 0. The van der Waals surface area contributed by atoms with Gasteiger partial charge in [-0.05, 0) is 12.8 Å². The minimum atomic E-state index is 1.03. The fourth-order valence-corrected chi connectivity index (χ4v) is 1.74. The molecule has 10 heavy (non-hydrogen) atoms. The number of thiazole rings is 1.